The molecule has 120 valence electrons. The van der Waals surface area contributed by atoms with E-state index in [1.165, 1.54) is 0 Å². The number of nitrogens with one attached hydrogen (secondary N) is 1. The van der Waals surface area contributed by atoms with Crippen molar-refractivity contribution < 1.29 is 13.7 Å². The Balaban J connectivity index is 2.77. The van der Waals surface area contributed by atoms with Crippen LogP contribution in [0.1, 0.15) is 37.8 Å². The van der Waals surface area contributed by atoms with Crippen LogP contribution in [0.5, 0.6) is 11.5 Å². The van der Waals surface area contributed by atoms with E-state index in [4.69, 9.17) is 9.47 Å². The largest absolute Gasteiger partial charge is 0.497 e. The van der Waals surface area contributed by atoms with Crippen LogP contribution in [0.25, 0.3) is 0 Å². The van der Waals surface area contributed by atoms with Crippen LogP contribution in [-0.2, 0) is 10.8 Å². The van der Waals surface area contributed by atoms with Crippen LogP contribution in [0.2, 0.25) is 0 Å². The summed E-state index contributed by atoms with van der Waals surface area (Å²) in [5.74, 6) is 2.89. The van der Waals surface area contributed by atoms with E-state index in [0.29, 0.717) is 5.75 Å². The Morgan fingerprint density at radius 3 is 2.57 bits per heavy atom. The first-order valence-corrected chi connectivity index (χ1v) is 8.89. The Kier molecular flexibility index (Phi) is 8.38. The third-order valence-corrected chi connectivity index (χ3v) is 4.94. The minimum absolute atomic E-state index is 0.0216. The highest BCUT2D eigenvalue weighted by Gasteiger charge is 2.17. The molecule has 0 radical (unpaired) electrons. The molecule has 2 unspecified atom stereocenters. The average Bonchev–Trinajstić information content (AvgIpc) is 2.52. The molecule has 0 aromatic heterocycles. The van der Waals surface area contributed by atoms with Gasteiger partial charge in [0.25, 0.3) is 0 Å². The third-order valence-electron chi connectivity index (χ3n) is 3.49. The van der Waals surface area contributed by atoms with Gasteiger partial charge < -0.3 is 14.8 Å². The van der Waals surface area contributed by atoms with E-state index in [1.54, 1.807) is 14.2 Å². The molecule has 0 fully saturated rings. The molecular formula is C16H27NO3S. The number of unbranched alkanes of at least 4 members (excludes halogenated alkanes) is 2. The molecule has 0 amide bonds. The molecule has 21 heavy (non-hydrogen) atoms. The summed E-state index contributed by atoms with van der Waals surface area (Å²) < 4.78 is 22.8. The van der Waals surface area contributed by atoms with Gasteiger partial charge in [0.05, 0.1) is 14.2 Å². The average molecular weight is 313 g/mol. The molecule has 0 aliphatic carbocycles. The predicted molar refractivity (Wildman–Crippen MR) is 88.7 cm³/mol. The minimum atomic E-state index is -0.819. The first-order chi connectivity index (χ1) is 10.2. The zero-order chi connectivity index (χ0) is 15.7. The molecule has 0 aliphatic rings. The van der Waals surface area contributed by atoms with Crippen molar-refractivity contribution in [2.75, 3.05) is 32.8 Å². The SMILES string of the molecule is CCCCCS(=O)CC(NC)c1ccc(OC)cc1OC. The van der Waals surface area contributed by atoms with Crippen molar-refractivity contribution in [3.05, 3.63) is 23.8 Å². The van der Waals surface area contributed by atoms with Gasteiger partial charge in [-0.2, -0.15) is 0 Å². The van der Waals surface area contributed by atoms with Crippen LogP contribution in [0.3, 0.4) is 0 Å². The molecule has 2 atom stereocenters. The number of methoxy groups -OCH3 is 2. The minimum Gasteiger partial charge on any atom is -0.497 e. The van der Waals surface area contributed by atoms with Crippen LogP contribution in [-0.4, -0.2) is 37.0 Å². The Morgan fingerprint density at radius 2 is 2.00 bits per heavy atom. The lowest BCUT2D eigenvalue weighted by atomic mass is 10.1. The van der Waals surface area contributed by atoms with Crippen molar-refractivity contribution in [2.45, 2.75) is 32.2 Å². The highest BCUT2D eigenvalue weighted by Crippen LogP contribution is 2.29. The molecule has 1 rings (SSSR count). The van der Waals surface area contributed by atoms with Crippen molar-refractivity contribution in [1.29, 1.82) is 0 Å². The van der Waals surface area contributed by atoms with E-state index in [0.717, 1.165) is 42.1 Å². The fourth-order valence-corrected chi connectivity index (χ4v) is 3.63. The summed E-state index contributed by atoms with van der Waals surface area (Å²) >= 11 is 0. The van der Waals surface area contributed by atoms with E-state index in [9.17, 15) is 4.21 Å². The lowest BCUT2D eigenvalue weighted by Gasteiger charge is -2.19. The van der Waals surface area contributed by atoms with Crippen molar-refractivity contribution in [3.8, 4) is 11.5 Å². The molecule has 5 heteroatoms. The van der Waals surface area contributed by atoms with Gasteiger partial charge in [-0.3, -0.25) is 4.21 Å². The summed E-state index contributed by atoms with van der Waals surface area (Å²) in [7, 11) is 4.34. The van der Waals surface area contributed by atoms with Gasteiger partial charge in [0.2, 0.25) is 0 Å². The molecule has 0 heterocycles. The molecule has 0 aliphatic heterocycles. The first-order valence-electron chi connectivity index (χ1n) is 7.40. The number of hydrogen-bond donors (Lipinski definition) is 1. The molecule has 1 aromatic rings. The molecule has 4 nitrogen and oxygen atoms in total. The van der Waals surface area contributed by atoms with Gasteiger partial charge in [-0.1, -0.05) is 25.8 Å². The summed E-state index contributed by atoms with van der Waals surface area (Å²) in [5.41, 5.74) is 1.02. The molecule has 0 saturated carbocycles. The van der Waals surface area contributed by atoms with Gasteiger partial charge in [0.1, 0.15) is 11.5 Å². The van der Waals surface area contributed by atoms with Gasteiger partial charge in [0, 0.05) is 40.0 Å². The second kappa shape index (κ2) is 9.79. The number of hydrogen-bond acceptors (Lipinski definition) is 4. The smallest absolute Gasteiger partial charge is 0.127 e. The van der Waals surface area contributed by atoms with Gasteiger partial charge in [0.15, 0.2) is 0 Å². The van der Waals surface area contributed by atoms with Crippen LogP contribution >= 0.6 is 0 Å². The maximum atomic E-state index is 12.2. The van der Waals surface area contributed by atoms with E-state index in [1.807, 2.05) is 25.2 Å². The van der Waals surface area contributed by atoms with Crippen LogP contribution in [0.4, 0.5) is 0 Å². The summed E-state index contributed by atoms with van der Waals surface area (Å²) in [6.07, 6.45) is 3.32. The predicted octanol–water partition coefficient (Wildman–Crippen LogP) is 2.90. The molecule has 0 spiro atoms. The van der Waals surface area contributed by atoms with Gasteiger partial charge >= 0.3 is 0 Å². The Bertz CT molecular complexity index is 451. The summed E-state index contributed by atoms with van der Waals surface area (Å²) in [6, 6.07) is 5.76. The standard InChI is InChI=1S/C16H27NO3S/c1-5-6-7-10-21(18)12-15(17-2)14-9-8-13(19-3)11-16(14)20-4/h8-9,11,15,17H,5-7,10,12H2,1-4H3. The topological polar surface area (TPSA) is 47.6 Å². The zero-order valence-corrected chi connectivity index (χ0v) is 14.3. The maximum Gasteiger partial charge on any atom is 0.127 e. The number of rotatable bonds is 10. The Hall–Kier alpha value is -1.07. The zero-order valence-electron chi connectivity index (χ0n) is 13.5. The maximum absolute atomic E-state index is 12.2. The van der Waals surface area contributed by atoms with Gasteiger partial charge in [-0.05, 0) is 19.5 Å². The number of benzene rings is 1. The van der Waals surface area contributed by atoms with E-state index < -0.39 is 10.8 Å². The van der Waals surface area contributed by atoms with Crippen molar-refractivity contribution in [3.63, 3.8) is 0 Å². The van der Waals surface area contributed by atoms with E-state index in [2.05, 4.69) is 12.2 Å². The van der Waals surface area contributed by atoms with Crippen molar-refractivity contribution in [1.82, 2.24) is 5.32 Å². The lowest BCUT2D eigenvalue weighted by Crippen LogP contribution is -2.24. The second-order valence-electron chi connectivity index (χ2n) is 4.97. The highest BCUT2D eigenvalue weighted by molar-refractivity contribution is 7.85. The van der Waals surface area contributed by atoms with Crippen molar-refractivity contribution in [2.24, 2.45) is 0 Å². The Morgan fingerprint density at radius 1 is 1.24 bits per heavy atom. The normalized spacial score (nSPS) is 13.7. The summed E-state index contributed by atoms with van der Waals surface area (Å²) in [4.78, 5) is 0. The van der Waals surface area contributed by atoms with Gasteiger partial charge in [-0.15, -0.1) is 0 Å². The molecule has 1 N–H and O–H groups in total. The van der Waals surface area contributed by atoms with Crippen LogP contribution in [0, 0.1) is 0 Å². The monoisotopic (exact) mass is 313 g/mol. The molecule has 1 aromatic carbocycles. The third kappa shape index (κ3) is 5.67. The van der Waals surface area contributed by atoms with E-state index >= 15 is 0 Å². The highest BCUT2D eigenvalue weighted by atomic mass is 32.2. The Labute approximate surface area is 130 Å². The van der Waals surface area contributed by atoms with Crippen molar-refractivity contribution >= 4 is 10.8 Å². The summed E-state index contributed by atoms with van der Waals surface area (Å²) in [5, 5.41) is 3.24. The fraction of sp³-hybridized carbons (Fsp3) is 0.625. The first kappa shape index (κ1) is 18.0. The van der Waals surface area contributed by atoms with E-state index in [-0.39, 0.29) is 6.04 Å². The summed E-state index contributed by atoms with van der Waals surface area (Å²) in [6.45, 7) is 2.15. The molecule has 0 saturated heterocycles. The van der Waals surface area contributed by atoms with Crippen LogP contribution in [0.15, 0.2) is 18.2 Å². The van der Waals surface area contributed by atoms with Gasteiger partial charge in [-0.25, -0.2) is 0 Å². The molecular weight excluding hydrogens is 286 g/mol. The quantitative estimate of drug-likeness (QED) is 0.675. The fourth-order valence-electron chi connectivity index (χ4n) is 2.22. The molecule has 0 bridgehead atoms. The second-order valence-corrected chi connectivity index (χ2v) is 6.59. The lowest BCUT2D eigenvalue weighted by molar-refractivity contribution is 0.387. The number of ether oxygens (including phenoxy) is 2. The van der Waals surface area contributed by atoms with Crippen LogP contribution < -0.4 is 14.8 Å².